The van der Waals surface area contributed by atoms with Crippen LogP contribution >= 0.6 is 0 Å². The number of nitrogens with zero attached hydrogens (tertiary/aromatic N) is 1. The van der Waals surface area contributed by atoms with E-state index >= 15 is 0 Å². The number of aliphatic hydroxyl groups excluding tert-OH is 1. The van der Waals surface area contributed by atoms with Gasteiger partial charge in [-0.1, -0.05) is 30.3 Å². The number of alkyl halides is 2. The van der Waals surface area contributed by atoms with Crippen LogP contribution in [0.4, 0.5) is 13.6 Å². The Morgan fingerprint density at radius 2 is 2.10 bits per heavy atom. The van der Waals surface area contributed by atoms with Crippen LogP contribution in [-0.2, 0) is 11.3 Å². The Labute approximate surface area is 122 Å². The highest BCUT2D eigenvalue weighted by molar-refractivity contribution is 5.67. The van der Waals surface area contributed by atoms with E-state index in [0.29, 0.717) is 19.4 Å². The van der Waals surface area contributed by atoms with Gasteiger partial charge in [0.15, 0.2) is 0 Å². The summed E-state index contributed by atoms with van der Waals surface area (Å²) in [5.41, 5.74) is 0.868. The van der Waals surface area contributed by atoms with Crippen LogP contribution in [-0.4, -0.2) is 41.7 Å². The lowest BCUT2D eigenvalue weighted by Crippen LogP contribution is -2.45. The highest BCUT2D eigenvalue weighted by atomic mass is 19.3. The molecule has 1 fully saturated rings. The number of carbonyl (C=O) groups is 1. The van der Waals surface area contributed by atoms with Gasteiger partial charge in [0.2, 0.25) is 0 Å². The van der Waals surface area contributed by atoms with Crippen molar-refractivity contribution in [1.82, 2.24) is 4.90 Å². The third-order valence-electron chi connectivity index (χ3n) is 3.66. The van der Waals surface area contributed by atoms with Crippen LogP contribution in [0.15, 0.2) is 30.3 Å². The molecule has 0 spiro atoms. The highest BCUT2D eigenvalue weighted by Crippen LogP contribution is 2.23. The molecule has 0 radical (unpaired) electrons. The van der Waals surface area contributed by atoms with Crippen molar-refractivity contribution in [3.8, 4) is 0 Å². The summed E-state index contributed by atoms with van der Waals surface area (Å²) in [7, 11) is 0. The van der Waals surface area contributed by atoms with Crippen LogP contribution in [0.2, 0.25) is 0 Å². The fraction of sp³-hybridized carbons (Fsp3) is 0.533. The number of aliphatic hydroxyl groups is 1. The lowest BCUT2D eigenvalue weighted by atomic mass is 9.93. The van der Waals surface area contributed by atoms with Gasteiger partial charge < -0.3 is 14.7 Å². The maximum Gasteiger partial charge on any atom is 0.410 e. The average molecular weight is 299 g/mol. The van der Waals surface area contributed by atoms with E-state index in [2.05, 4.69) is 0 Å². The molecule has 1 saturated heterocycles. The lowest BCUT2D eigenvalue weighted by molar-refractivity contribution is -0.0555. The molecule has 0 aliphatic carbocycles. The Bertz CT molecular complexity index is 455. The molecule has 0 aromatic heterocycles. The molecule has 0 saturated carbocycles. The molecule has 116 valence electrons. The van der Waals surface area contributed by atoms with E-state index in [9.17, 15) is 18.7 Å². The van der Waals surface area contributed by atoms with Gasteiger partial charge >= 0.3 is 6.09 Å². The second-order valence-electron chi connectivity index (χ2n) is 5.21. The number of carbonyl (C=O) groups excluding carboxylic acids is 1. The quantitative estimate of drug-likeness (QED) is 0.930. The van der Waals surface area contributed by atoms with Crippen LogP contribution < -0.4 is 0 Å². The van der Waals surface area contributed by atoms with Gasteiger partial charge in [0.1, 0.15) is 12.7 Å². The molecule has 1 amide bonds. The number of piperidine rings is 1. The molecule has 2 unspecified atom stereocenters. The third-order valence-corrected chi connectivity index (χ3v) is 3.66. The fourth-order valence-electron chi connectivity index (χ4n) is 2.47. The minimum Gasteiger partial charge on any atom is -0.445 e. The molecule has 1 aromatic carbocycles. The van der Waals surface area contributed by atoms with Gasteiger partial charge in [0.25, 0.3) is 6.43 Å². The molecule has 1 aromatic rings. The zero-order chi connectivity index (χ0) is 15.2. The zero-order valence-corrected chi connectivity index (χ0v) is 11.6. The molecule has 1 heterocycles. The second kappa shape index (κ2) is 7.36. The Balaban J connectivity index is 1.84. The average Bonchev–Trinajstić information content (AvgIpc) is 2.53. The SMILES string of the molecule is O=C(OCc1ccccc1)N1CCCC(C(O)C(F)F)C1. The zero-order valence-electron chi connectivity index (χ0n) is 11.6. The van der Waals surface area contributed by atoms with Crippen molar-refractivity contribution in [2.45, 2.75) is 32.0 Å². The van der Waals surface area contributed by atoms with E-state index in [-0.39, 0.29) is 13.2 Å². The lowest BCUT2D eigenvalue weighted by Gasteiger charge is -2.34. The van der Waals surface area contributed by atoms with Crippen molar-refractivity contribution in [2.24, 2.45) is 5.92 Å². The summed E-state index contributed by atoms with van der Waals surface area (Å²) in [5, 5.41) is 9.43. The fourth-order valence-corrected chi connectivity index (χ4v) is 2.47. The van der Waals surface area contributed by atoms with Crippen molar-refractivity contribution in [3.63, 3.8) is 0 Å². The summed E-state index contributed by atoms with van der Waals surface area (Å²) >= 11 is 0. The first kappa shape index (κ1) is 15.7. The van der Waals surface area contributed by atoms with Crippen molar-refractivity contribution >= 4 is 6.09 Å². The predicted octanol–water partition coefficient (Wildman–Crippen LogP) is 2.66. The number of ether oxygens (including phenoxy) is 1. The van der Waals surface area contributed by atoms with Crippen molar-refractivity contribution < 1.29 is 23.4 Å². The smallest absolute Gasteiger partial charge is 0.410 e. The van der Waals surface area contributed by atoms with E-state index in [0.717, 1.165) is 5.56 Å². The first-order valence-electron chi connectivity index (χ1n) is 7.00. The van der Waals surface area contributed by atoms with Gasteiger partial charge in [0, 0.05) is 19.0 Å². The molecular formula is C15H19F2NO3. The minimum absolute atomic E-state index is 0.110. The normalized spacial score (nSPS) is 20.4. The Kier molecular flexibility index (Phi) is 5.50. The summed E-state index contributed by atoms with van der Waals surface area (Å²) in [6, 6.07) is 9.24. The maximum atomic E-state index is 12.5. The third kappa shape index (κ3) is 4.39. The van der Waals surface area contributed by atoms with E-state index in [1.54, 1.807) is 0 Å². The van der Waals surface area contributed by atoms with Crippen LogP contribution in [0.3, 0.4) is 0 Å². The highest BCUT2D eigenvalue weighted by Gasteiger charge is 2.33. The topological polar surface area (TPSA) is 49.8 Å². The number of rotatable bonds is 4. The predicted molar refractivity (Wildman–Crippen MR) is 72.9 cm³/mol. The summed E-state index contributed by atoms with van der Waals surface area (Å²) < 4.78 is 30.2. The number of halogens is 2. The van der Waals surface area contributed by atoms with Crippen molar-refractivity contribution in [1.29, 1.82) is 0 Å². The van der Waals surface area contributed by atoms with Gasteiger partial charge in [-0.2, -0.15) is 0 Å². The molecule has 21 heavy (non-hydrogen) atoms. The van der Waals surface area contributed by atoms with E-state index < -0.39 is 24.5 Å². The van der Waals surface area contributed by atoms with Gasteiger partial charge in [-0.05, 0) is 18.4 Å². The summed E-state index contributed by atoms with van der Waals surface area (Å²) in [4.78, 5) is 13.3. The van der Waals surface area contributed by atoms with Crippen LogP contribution in [0, 0.1) is 5.92 Å². The van der Waals surface area contributed by atoms with Gasteiger partial charge in [-0.3, -0.25) is 0 Å². The first-order chi connectivity index (χ1) is 10.1. The maximum absolute atomic E-state index is 12.5. The van der Waals surface area contributed by atoms with Crippen LogP contribution in [0.1, 0.15) is 18.4 Å². The van der Waals surface area contributed by atoms with Crippen LogP contribution in [0.25, 0.3) is 0 Å². The van der Waals surface area contributed by atoms with E-state index in [1.807, 2.05) is 30.3 Å². The van der Waals surface area contributed by atoms with Crippen LogP contribution in [0.5, 0.6) is 0 Å². The standard InChI is InChI=1S/C15H19F2NO3/c16-14(17)13(19)12-7-4-8-18(9-12)15(20)21-10-11-5-2-1-3-6-11/h1-3,5-6,12-14,19H,4,7-10H2. The second-order valence-corrected chi connectivity index (χ2v) is 5.21. The molecule has 1 aliphatic rings. The van der Waals surface area contributed by atoms with E-state index in [1.165, 1.54) is 4.90 Å². The molecule has 6 heteroatoms. The van der Waals surface area contributed by atoms with Crippen molar-refractivity contribution in [3.05, 3.63) is 35.9 Å². The molecule has 4 nitrogen and oxygen atoms in total. The largest absolute Gasteiger partial charge is 0.445 e. The monoisotopic (exact) mass is 299 g/mol. The van der Waals surface area contributed by atoms with Crippen molar-refractivity contribution in [2.75, 3.05) is 13.1 Å². The first-order valence-corrected chi connectivity index (χ1v) is 7.00. The van der Waals surface area contributed by atoms with E-state index in [4.69, 9.17) is 4.74 Å². The number of hydrogen-bond acceptors (Lipinski definition) is 3. The number of likely N-dealkylation sites (tertiary alicyclic amines) is 1. The van der Waals surface area contributed by atoms with Gasteiger partial charge in [0.05, 0.1) is 0 Å². The Morgan fingerprint density at radius 1 is 1.38 bits per heavy atom. The molecule has 2 atom stereocenters. The summed E-state index contributed by atoms with van der Waals surface area (Å²) in [5.74, 6) is -0.594. The minimum atomic E-state index is -2.78. The molecule has 0 bridgehead atoms. The number of amides is 1. The summed E-state index contributed by atoms with van der Waals surface area (Å²) in [6.45, 7) is 0.734. The molecule has 1 N–H and O–H groups in total. The van der Waals surface area contributed by atoms with Gasteiger partial charge in [-0.15, -0.1) is 0 Å². The Hall–Kier alpha value is -1.69. The molecule has 1 aliphatic heterocycles. The number of hydrogen-bond donors (Lipinski definition) is 1. The molecule has 2 rings (SSSR count). The van der Waals surface area contributed by atoms with Gasteiger partial charge in [-0.25, -0.2) is 13.6 Å². The number of benzene rings is 1. The summed E-state index contributed by atoms with van der Waals surface area (Å²) in [6.07, 6.45) is -3.90. The molecular weight excluding hydrogens is 280 g/mol. The Morgan fingerprint density at radius 3 is 2.76 bits per heavy atom.